The van der Waals surface area contributed by atoms with Crippen molar-refractivity contribution in [3.8, 4) is 0 Å². The molecule has 0 fully saturated rings. The summed E-state index contributed by atoms with van der Waals surface area (Å²) in [4.78, 5) is 11.0. The van der Waals surface area contributed by atoms with Gasteiger partial charge in [-0.05, 0) is 34.7 Å². The van der Waals surface area contributed by atoms with Crippen LogP contribution in [0, 0.1) is 15.2 Å². The Morgan fingerprint density at radius 1 is 1.46 bits per heavy atom. The Bertz CT molecular complexity index is 354. The molecule has 5 heteroatoms. The molecule has 0 saturated heterocycles. The Morgan fingerprint density at radius 3 is 2.62 bits per heavy atom. The van der Waals surface area contributed by atoms with Crippen LogP contribution >= 0.6 is 34.2 Å². The average Bonchev–Trinajstić information content (AvgIpc) is 2.12. The minimum absolute atomic E-state index is 0.201. The van der Waals surface area contributed by atoms with Crippen molar-refractivity contribution in [2.45, 2.75) is 0 Å². The van der Waals surface area contributed by atoms with Crippen LogP contribution in [0.4, 0.5) is 8.78 Å². The summed E-state index contributed by atoms with van der Waals surface area (Å²) in [5, 5.41) is 0. The third-order valence-corrected chi connectivity index (χ3v) is 2.52. The zero-order chi connectivity index (χ0) is 10.0. The van der Waals surface area contributed by atoms with Crippen molar-refractivity contribution in [3.63, 3.8) is 0 Å². The van der Waals surface area contributed by atoms with E-state index in [1.54, 1.807) is 22.6 Å². The highest BCUT2D eigenvalue weighted by Gasteiger charge is 2.18. The van der Waals surface area contributed by atoms with Gasteiger partial charge in [0.2, 0.25) is 0 Å². The minimum Gasteiger partial charge on any atom is -0.293 e. The smallest absolute Gasteiger partial charge is 0.183 e. The lowest BCUT2D eigenvalue weighted by Gasteiger charge is -2.02. The van der Waals surface area contributed by atoms with E-state index in [0.717, 1.165) is 6.07 Å². The fourth-order valence-electron chi connectivity index (χ4n) is 0.849. The normalized spacial score (nSPS) is 10.2. The zero-order valence-corrected chi connectivity index (χ0v) is 9.20. The van der Waals surface area contributed by atoms with E-state index in [-0.39, 0.29) is 3.57 Å². The first-order valence-corrected chi connectivity index (χ1v) is 4.92. The predicted octanol–water partition coefficient (Wildman–Crippen LogP) is 2.99. The van der Waals surface area contributed by atoms with Crippen molar-refractivity contribution >= 4 is 40.0 Å². The lowest BCUT2D eigenvalue weighted by Crippen LogP contribution is -2.08. The number of Topliss-reactive ketones (excluding diaryl/α,β-unsaturated/α-hetero) is 1. The summed E-state index contributed by atoms with van der Waals surface area (Å²) in [6.45, 7) is 0. The summed E-state index contributed by atoms with van der Waals surface area (Å²) in [5.41, 5.74) is -0.554. The molecule has 0 aromatic heterocycles. The number of carbonyl (C=O) groups is 1. The van der Waals surface area contributed by atoms with E-state index in [9.17, 15) is 13.6 Å². The highest BCUT2D eigenvalue weighted by atomic mass is 127. The van der Waals surface area contributed by atoms with Crippen molar-refractivity contribution in [2.24, 2.45) is 0 Å². The van der Waals surface area contributed by atoms with Gasteiger partial charge in [0.25, 0.3) is 0 Å². The Balaban J connectivity index is 3.33. The van der Waals surface area contributed by atoms with Crippen molar-refractivity contribution in [2.75, 3.05) is 5.88 Å². The van der Waals surface area contributed by atoms with Gasteiger partial charge in [-0.25, -0.2) is 8.78 Å². The molecule has 0 bridgehead atoms. The van der Waals surface area contributed by atoms with E-state index < -0.39 is 28.9 Å². The van der Waals surface area contributed by atoms with E-state index >= 15 is 0 Å². The summed E-state index contributed by atoms with van der Waals surface area (Å²) in [7, 11) is 0. The number of benzene rings is 1. The molecule has 0 atom stereocenters. The maximum atomic E-state index is 13.2. The monoisotopic (exact) mass is 316 g/mol. The molecule has 1 aromatic carbocycles. The number of hydrogen-bond donors (Lipinski definition) is 0. The van der Waals surface area contributed by atoms with Gasteiger partial charge in [-0.15, -0.1) is 11.6 Å². The van der Waals surface area contributed by atoms with Crippen molar-refractivity contribution in [1.29, 1.82) is 0 Å². The lowest BCUT2D eigenvalue weighted by atomic mass is 10.1. The standard InChI is InChI=1S/C8H4ClF2IO/c9-3-6(13)7-4(10)1-2-5(12)8(7)11/h1-2H,3H2. The first-order valence-electron chi connectivity index (χ1n) is 3.30. The lowest BCUT2D eigenvalue weighted by molar-refractivity contribution is 0.101. The van der Waals surface area contributed by atoms with Gasteiger partial charge < -0.3 is 0 Å². The molecule has 0 unspecified atom stereocenters. The van der Waals surface area contributed by atoms with Crippen LogP contribution in [-0.4, -0.2) is 11.7 Å². The van der Waals surface area contributed by atoms with Gasteiger partial charge in [0.15, 0.2) is 5.78 Å². The van der Waals surface area contributed by atoms with Crippen LogP contribution in [0.1, 0.15) is 10.4 Å². The Morgan fingerprint density at radius 2 is 2.08 bits per heavy atom. The van der Waals surface area contributed by atoms with Crippen LogP contribution in [0.5, 0.6) is 0 Å². The van der Waals surface area contributed by atoms with Crippen LogP contribution in [0.2, 0.25) is 0 Å². The topological polar surface area (TPSA) is 17.1 Å². The molecule has 0 amide bonds. The number of halogens is 4. The molecular formula is C8H4ClF2IO. The van der Waals surface area contributed by atoms with Crippen LogP contribution in [0.3, 0.4) is 0 Å². The predicted molar refractivity (Wildman–Crippen MR) is 54.1 cm³/mol. The first-order chi connectivity index (χ1) is 6.07. The van der Waals surface area contributed by atoms with Crippen LogP contribution in [0.25, 0.3) is 0 Å². The molecule has 0 aliphatic carbocycles. The summed E-state index contributed by atoms with van der Waals surface area (Å²) in [6, 6.07) is 2.31. The molecule has 1 rings (SSSR count). The number of ketones is 1. The van der Waals surface area contributed by atoms with Crippen molar-refractivity contribution < 1.29 is 13.6 Å². The second-order valence-corrected chi connectivity index (χ2v) is 3.70. The van der Waals surface area contributed by atoms with Gasteiger partial charge in [0.1, 0.15) is 11.6 Å². The summed E-state index contributed by atoms with van der Waals surface area (Å²) < 4.78 is 26.3. The van der Waals surface area contributed by atoms with Gasteiger partial charge in [0, 0.05) is 3.57 Å². The highest BCUT2D eigenvalue weighted by Crippen LogP contribution is 2.19. The molecular weight excluding hydrogens is 312 g/mol. The molecule has 0 radical (unpaired) electrons. The zero-order valence-electron chi connectivity index (χ0n) is 6.28. The van der Waals surface area contributed by atoms with E-state index in [4.69, 9.17) is 11.6 Å². The molecule has 0 spiro atoms. The fourth-order valence-corrected chi connectivity index (χ4v) is 1.43. The SMILES string of the molecule is O=C(CCl)c1c(F)ccc(I)c1F. The molecule has 0 saturated carbocycles. The maximum Gasteiger partial charge on any atom is 0.183 e. The van der Waals surface area contributed by atoms with Crippen molar-refractivity contribution in [1.82, 2.24) is 0 Å². The van der Waals surface area contributed by atoms with E-state index in [1.165, 1.54) is 6.07 Å². The molecule has 0 N–H and O–H groups in total. The minimum atomic E-state index is -0.872. The molecule has 13 heavy (non-hydrogen) atoms. The Kier molecular flexibility index (Phi) is 3.61. The average molecular weight is 316 g/mol. The highest BCUT2D eigenvalue weighted by molar-refractivity contribution is 14.1. The molecule has 0 heterocycles. The van der Waals surface area contributed by atoms with Gasteiger partial charge >= 0.3 is 0 Å². The van der Waals surface area contributed by atoms with Gasteiger partial charge in [-0.3, -0.25) is 4.79 Å². The second kappa shape index (κ2) is 4.32. The largest absolute Gasteiger partial charge is 0.293 e. The van der Waals surface area contributed by atoms with Gasteiger partial charge in [0.05, 0.1) is 11.4 Å². The number of hydrogen-bond acceptors (Lipinski definition) is 1. The third kappa shape index (κ3) is 2.17. The molecule has 0 aliphatic heterocycles. The molecule has 1 aromatic rings. The quantitative estimate of drug-likeness (QED) is 0.355. The van der Waals surface area contributed by atoms with E-state index in [1.807, 2.05) is 0 Å². The second-order valence-electron chi connectivity index (χ2n) is 2.27. The number of rotatable bonds is 2. The van der Waals surface area contributed by atoms with Crippen LogP contribution in [-0.2, 0) is 0 Å². The molecule has 0 aliphatic rings. The first kappa shape index (κ1) is 10.8. The Hall–Kier alpha value is -0.230. The molecule has 1 nitrogen and oxygen atoms in total. The number of carbonyl (C=O) groups excluding carboxylic acids is 1. The summed E-state index contributed by atoms with van der Waals surface area (Å²) in [6.07, 6.45) is 0. The van der Waals surface area contributed by atoms with Crippen LogP contribution < -0.4 is 0 Å². The fraction of sp³-hybridized carbons (Fsp3) is 0.125. The molecule has 70 valence electrons. The van der Waals surface area contributed by atoms with Crippen molar-refractivity contribution in [3.05, 3.63) is 32.9 Å². The summed E-state index contributed by atoms with van der Waals surface area (Å²) in [5.74, 6) is -2.88. The summed E-state index contributed by atoms with van der Waals surface area (Å²) >= 11 is 6.88. The van der Waals surface area contributed by atoms with E-state index in [0.29, 0.717) is 0 Å². The third-order valence-electron chi connectivity index (χ3n) is 1.44. The maximum absolute atomic E-state index is 13.2. The van der Waals surface area contributed by atoms with Crippen LogP contribution in [0.15, 0.2) is 12.1 Å². The van der Waals surface area contributed by atoms with E-state index in [2.05, 4.69) is 0 Å². The van der Waals surface area contributed by atoms with Gasteiger partial charge in [-0.1, -0.05) is 0 Å². The number of alkyl halides is 1. The Labute approximate surface area is 92.2 Å². The van der Waals surface area contributed by atoms with Gasteiger partial charge in [-0.2, -0.15) is 0 Å².